The average molecular weight is 583 g/mol. The van der Waals surface area contributed by atoms with Crippen molar-refractivity contribution in [1.82, 2.24) is 35.1 Å². The second-order valence-electron chi connectivity index (χ2n) is 10.1. The number of anilines is 3. The number of hydrogen-bond acceptors (Lipinski definition) is 10. The lowest BCUT2D eigenvalue weighted by molar-refractivity contribution is 0.0374. The van der Waals surface area contributed by atoms with Crippen LogP contribution in [0.15, 0.2) is 36.7 Å². The van der Waals surface area contributed by atoms with E-state index in [0.29, 0.717) is 17.9 Å². The maximum absolute atomic E-state index is 13.2. The molecule has 0 aliphatic carbocycles. The molecule has 0 bridgehead atoms. The van der Waals surface area contributed by atoms with Gasteiger partial charge >= 0.3 is 0 Å². The largest absolute Gasteiger partial charge is 0.384 e. The zero-order valence-corrected chi connectivity index (χ0v) is 23.8. The average Bonchev–Trinajstić information content (AvgIpc) is 3.47. The third kappa shape index (κ3) is 7.30. The highest BCUT2D eigenvalue weighted by Crippen LogP contribution is 2.30. The molecule has 218 valence electrons. The number of aromatic nitrogens is 4. The third-order valence-corrected chi connectivity index (χ3v) is 7.54. The number of carbonyl (C=O) groups excluding carboxylic acids is 2. The second-order valence-corrected chi connectivity index (χ2v) is 10.6. The molecule has 13 nitrogen and oxygen atoms in total. The lowest BCUT2D eigenvalue weighted by Gasteiger charge is -2.35. The van der Waals surface area contributed by atoms with Crippen LogP contribution in [-0.2, 0) is 4.74 Å². The van der Waals surface area contributed by atoms with Crippen molar-refractivity contribution in [2.24, 2.45) is 0 Å². The highest BCUT2D eigenvalue weighted by atomic mass is 35.5. The van der Waals surface area contributed by atoms with Crippen molar-refractivity contribution in [3.8, 4) is 5.69 Å². The summed E-state index contributed by atoms with van der Waals surface area (Å²) in [7, 11) is 2.09. The van der Waals surface area contributed by atoms with Crippen LogP contribution >= 0.6 is 11.6 Å². The van der Waals surface area contributed by atoms with Crippen LogP contribution in [0.4, 0.5) is 17.2 Å². The molecule has 0 radical (unpaired) electrons. The van der Waals surface area contributed by atoms with E-state index in [9.17, 15) is 9.59 Å². The highest BCUT2D eigenvalue weighted by Gasteiger charge is 2.21. The number of ether oxygens (including phenoxy) is 1. The Morgan fingerprint density at radius 2 is 1.85 bits per heavy atom. The number of hydrogen-bond donors (Lipinski definition) is 3. The molecule has 0 saturated carbocycles. The molecule has 0 unspecified atom stereocenters. The van der Waals surface area contributed by atoms with Crippen LogP contribution in [0.2, 0.25) is 5.02 Å². The van der Waals surface area contributed by atoms with Gasteiger partial charge in [-0.1, -0.05) is 16.8 Å². The lowest BCUT2D eigenvalue weighted by atomic mass is 10.1. The Kier molecular flexibility index (Phi) is 9.29. The van der Waals surface area contributed by atoms with Crippen molar-refractivity contribution in [2.45, 2.75) is 6.42 Å². The second kappa shape index (κ2) is 13.3. The maximum atomic E-state index is 13.2. The number of nitrogens with one attached hydrogen (secondary N) is 2. The van der Waals surface area contributed by atoms with E-state index in [1.807, 2.05) is 18.2 Å². The van der Waals surface area contributed by atoms with Crippen LogP contribution in [0.25, 0.3) is 5.69 Å². The van der Waals surface area contributed by atoms with E-state index >= 15 is 0 Å². The standard InChI is InChI=1S/C27H35ClN10O3/c1-35-7-9-37(10-8-35)24-4-3-19(15-22(24)32-26(39)20-17-31-25(29)16-21(20)28)38-18-23(33-34-38)27(40)30-5-2-6-36-11-13-41-14-12-36/h3-4,15-18H,2,5-14H2,1H3,(H2,29,31)(H,30,40)(H,32,39). The molecule has 0 spiro atoms. The summed E-state index contributed by atoms with van der Waals surface area (Å²) in [6.07, 6.45) is 3.77. The number of carbonyl (C=O) groups is 2. The van der Waals surface area contributed by atoms with Gasteiger partial charge in [-0.3, -0.25) is 14.5 Å². The van der Waals surface area contributed by atoms with Crippen LogP contribution in [-0.4, -0.2) is 114 Å². The summed E-state index contributed by atoms with van der Waals surface area (Å²) < 4.78 is 6.89. The smallest absolute Gasteiger partial charge is 0.273 e. The molecular weight excluding hydrogens is 548 g/mol. The van der Waals surface area contributed by atoms with E-state index in [0.717, 1.165) is 71.1 Å². The number of nitrogens with zero attached hydrogens (tertiary/aromatic N) is 7. The molecule has 2 aromatic heterocycles. The van der Waals surface area contributed by atoms with Crippen LogP contribution in [0, 0.1) is 0 Å². The van der Waals surface area contributed by atoms with Gasteiger partial charge in [0.2, 0.25) is 0 Å². The summed E-state index contributed by atoms with van der Waals surface area (Å²) in [6.45, 7) is 8.21. The first kappa shape index (κ1) is 28.7. The van der Waals surface area contributed by atoms with Crippen molar-refractivity contribution in [2.75, 3.05) is 88.6 Å². The van der Waals surface area contributed by atoms with E-state index in [4.69, 9.17) is 22.1 Å². The Morgan fingerprint density at radius 3 is 2.61 bits per heavy atom. The minimum atomic E-state index is -0.411. The van der Waals surface area contributed by atoms with Crippen LogP contribution < -0.4 is 21.3 Å². The molecule has 4 N–H and O–H groups in total. The third-order valence-electron chi connectivity index (χ3n) is 7.22. The summed E-state index contributed by atoms with van der Waals surface area (Å²) in [6, 6.07) is 7.08. The number of rotatable bonds is 9. The molecule has 41 heavy (non-hydrogen) atoms. The molecule has 2 amide bonds. The first-order valence-corrected chi connectivity index (χ1v) is 14.1. The van der Waals surface area contributed by atoms with E-state index in [1.54, 1.807) is 6.20 Å². The Labute approximate surface area is 243 Å². The lowest BCUT2D eigenvalue weighted by Crippen LogP contribution is -2.44. The molecule has 3 aromatic rings. The van der Waals surface area contributed by atoms with Crippen LogP contribution in [0.3, 0.4) is 0 Å². The summed E-state index contributed by atoms with van der Waals surface area (Å²) >= 11 is 6.28. The van der Waals surface area contributed by atoms with Gasteiger partial charge in [0.1, 0.15) is 5.82 Å². The Morgan fingerprint density at radius 1 is 1.07 bits per heavy atom. The van der Waals surface area contributed by atoms with Crippen molar-refractivity contribution in [1.29, 1.82) is 0 Å². The SMILES string of the molecule is CN1CCN(c2ccc(-n3cc(C(=O)NCCCN4CCOCC4)nn3)cc2NC(=O)c2cnc(N)cc2Cl)CC1. The van der Waals surface area contributed by atoms with Gasteiger partial charge in [-0.2, -0.15) is 0 Å². The van der Waals surface area contributed by atoms with Gasteiger partial charge in [0.25, 0.3) is 11.8 Å². The van der Waals surface area contributed by atoms with Gasteiger partial charge in [0, 0.05) is 52.0 Å². The molecule has 2 aliphatic heterocycles. The summed E-state index contributed by atoms with van der Waals surface area (Å²) in [5, 5.41) is 14.4. The van der Waals surface area contributed by atoms with E-state index in [1.165, 1.54) is 16.9 Å². The topological polar surface area (TPSA) is 147 Å². The molecule has 2 saturated heterocycles. The van der Waals surface area contributed by atoms with Gasteiger partial charge in [-0.15, -0.1) is 5.10 Å². The van der Waals surface area contributed by atoms with Gasteiger partial charge in [-0.25, -0.2) is 9.67 Å². The number of amides is 2. The van der Waals surface area contributed by atoms with E-state index in [-0.39, 0.29) is 28.0 Å². The summed E-state index contributed by atoms with van der Waals surface area (Å²) in [5.41, 5.74) is 8.21. The number of pyridine rings is 1. The number of nitrogen functional groups attached to an aromatic ring is 1. The van der Waals surface area contributed by atoms with E-state index in [2.05, 4.69) is 47.7 Å². The van der Waals surface area contributed by atoms with Gasteiger partial charge in [0.05, 0.1) is 47.1 Å². The fourth-order valence-electron chi connectivity index (χ4n) is 4.81. The molecule has 4 heterocycles. The van der Waals surface area contributed by atoms with Crippen LogP contribution in [0.1, 0.15) is 27.3 Å². The van der Waals surface area contributed by atoms with Crippen molar-refractivity contribution >= 4 is 40.6 Å². The zero-order valence-electron chi connectivity index (χ0n) is 23.1. The number of benzene rings is 1. The Hall–Kier alpha value is -3.78. The number of halogens is 1. The van der Waals surface area contributed by atoms with Crippen molar-refractivity contribution < 1.29 is 14.3 Å². The summed E-state index contributed by atoms with van der Waals surface area (Å²) in [4.78, 5) is 36.7. The predicted octanol–water partition coefficient (Wildman–Crippen LogP) is 1.35. The summed E-state index contributed by atoms with van der Waals surface area (Å²) in [5.74, 6) is -0.466. The first-order valence-electron chi connectivity index (χ1n) is 13.7. The van der Waals surface area contributed by atoms with Crippen LogP contribution in [0.5, 0.6) is 0 Å². The van der Waals surface area contributed by atoms with Gasteiger partial charge < -0.3 is 30.9 Å². The normalized spacial score (nSPS) is 16.5. The Bertz CT molecular complexity index is 1370. The molecule has 14 heteroatoms. The number of likely N-dealkylation sites (N-methyl/N-ethyl adjacent to an activating group) is 1. The zero-order chi connectivity index (χ0) is 28.8. The minimum absolute atomic E-state index is 0.212. The maximum Gasteiger partial charge on any atom is 0.273 e. The molecular formula is C27H35ClN10O3. The van der Waals surface area contributed by atoms with E-state index < -0.39 is 5.91 Å². The molecule has 0 atom stereocenters. The predicted molar refractivity (Wildman–Crippen MR) is 157 cm³/mol. The number of piperazine rings is 1. The molecule has 2 fully saturated rings. The molecule has 5 rings (SSSR count). The molecule has 1 aromatic carbocycles. The quantitative estimate of drug-likeness (QED) is 0.316. The Balaban J connectivity index is 1.30. The fraction of sp³-hybridized carbons (Fsp3) is 0.444. The molecule has 2 aliphatic rings. The highest BCUT2D eigenvalue weighted by molar-refractivity contribution is 6.34. The van der Waals surface area contributed by atoms with Crippen molar-refractivity contribution in [3.63, 3.8) is 0 Å². The van der Waals surface area contributed by atoms with Gasteiger partial charge in [-0.05, 0) is 44.3 Å². The minimum Gasteiger partial charge on any atom is -0.384 e. The number of morpholine rings is 1. The van der Waals surface area contributed by atoms with Gasteiger partial charge in [0.15, 0.2) is 5.69 Å². The van der Waals surface area contributed by atoms with Crippen molar-refractivity contribution in [3.05, 3.63) is 52.9 Å². The number of nitrogens with two attached hydrogens (primary N) is 1. The monoisotopic (exact) mass is 582 g/mol. The first-order chi connectivity index (χ1) is 19.9. The fourth-order valence-corrected chi connectivity index (χ4v) is 5.05.